The summed E-state index contributed by atoms with van der Waals surface area (Å²) in [5.41, 5.74) is -0.834. The molecule has 138 valence electrons. The number of rotatable bonds is 2. The van der Waals surface area contributed by atoms with Crippen molar-refractivity contribution in [2.45, 2.75) is 70.6 Å². The average molecular weight is 350 g/mol. The molecule has 8 unspecified atom stereocenters. The molecule has 0 radical (unpaired) electrons. The summed E-state index contributed by atoms with van der Waals surface area (Å²) in [4.78, 5) is 24.5. The maximum absolute atomic E-state index is 12.4. The van der Waals surface area contributed by atoms with E-state index < -0.39 is 41.2 Å². The highest BCUT2D eigenvalue weighted by Gasteiger charge is 2.75. The second kappa shape index (κ2) is 5.07. The van der Waals surface area contributed by atoms with E-state index in [0.717, 1.165) is 12.8 Å². The Morgan fingerprint density at radius 3 is 2.72 bits per heavy atom. The van der Waals surface area contributed by atoms with Crippen LogP contribution in [0.2, 0.25) is 0 Å². The molecule has 1 saturated carbocycles. The normalized spacial score (nSPS) is 50.6. The number of aliphatic hydroxyl groups is 1. The van der Waals surface area contributed by atoms with Gasteiger partial charge in [-0.3, -0.25) is 4.79 Å². The molecule has 4 rings (SSSR count). The van der Waals surface area contributed by atoms with Crippen molar-refractivity contribution in [3.63, 3.8) is 0 Å². The van der Waals surface area contributed by atoms with E-state index in [1.807, 2.05) is 13.8 Å². The summed E-state index contributed by atoms with van der Waals surface area (Å²) in [6.07, 6.45) is -0.630. The molecule has 6 nitrogen and oxygen atoms in total. The van der Waals surface area contributed by atoms with Crippen LogP contribution < -0.4 is 0 Å². The predicted molar refractivity (Wildman–Crippen MR) is 87.3 cm³/mol. The van der Waals surface area contributed by atoms with Gasteiger partial charge in [0.25, 0.3) is 0 Å². The molecule has 3 aliphatic heterocycles. The summed E-state index contributed by atoms with van der Waals surface area (Å²) in [7, 11) is 0. The fourth-order valence-electron chi connectivity index (χ4n) is 5.69. The first-order valence-corrected chi connectivity index (χ1v) is 9.07. The molecule has 3 saturated heterocycles. The van der Waals surface area contributed by atoms with Crippen LogP contribution in [0.5, 0.6) is 0 Å². The molecule has 0 aromatic carbocycles. The Hall–Kier alpha value is -1.40. The molecule has 4 fully saturated rings. The molecule has 8 atom stereocenters. The zero-order valence-corrected chi connectivity index (χ0v) is 15.2. The lowest BCUT2D eigenvalue weighted by molar-refractivity contribution is -0.206. The minimum atomic E-state index is -0.869. The van der Waals surface area contributed by atoms with Crippen LogP contribution in [-0.4, -0.2) is 47.1 Å². The largest absolute Gasteiger partial charge is 0.461 e. The Kier molecular flexibility index (Phi) is 3.46. The van der Waals surface area contributed by atoms with Gasteiger partial charge in [0, 0.05) is 16.9 Å². The number of hydrogen-bond acceptors (Lipinski definition) is 6. The van der Waals surface area contributed by atoms with Gasteiger partial charge < -0.3 is 19.3 Å². The Morgan fingerprint density at radius 1 is 1.40 bits per heavy atom. The third-order valence-corrected chi connectivity index (χ3v) is 6.95. The monoisotopic (exact) mass is 350 g/mol. The highest BCUT2D eigenvalue weighted by molar-refractivity contribution is 5.91. The van der Waals surface area contributed by atoms with E-state index in [2.05, 4.69) is 6.58 Å². The van der Waals surface area contributed by atoms with Gasteiger partial charge in [0.1, 0.15) is 18.3 Å². The molecule has 0 spiro atoms. The van der Waals surface area contributed by atoms with Crippen LogP contribution in [0.1, 0.15) is 40.5 Å². The Balaban J connectivity index is 1.81. The number of carbonyl (C=O) groups excluding carboxylic acids is 2. The van der Waals surface area contributed by atoms with Crippen LogP contribution >= 0.6 is 0 Å². The summed E-state index contributed by atoms with van der Waals surface area (Å²) in [6, 6.07) is 0. The van der Waals surface area contributed by atoms with E-state index in [1.165, 1.54) is 0 Å². The number of aliphatic hydroxyl groups excluding tert-OH is 1. The van der Waals surface area contributed by atoms with Crippen molar-refractivity contribution < 1.29 is 28.9 Å². The molecule has 25 heavy (non-hydrogen) atoms. The molecule has 6 heteroatoms. The fourth-order valence-corrected chi connectivity index (χ4v) is 5.69. The van der Waals surface area contributed by atoms with E-state index in [1.54, 1.807) is 13.8 Å². The summed E-state index contributed by atoms with van der Waals surface area (Å²) in [5.74, 6) is -1.84. The van der Waals surface area contributed by atoms with Crippen molar-refractivity contribution in [3.8, 4) is 0 Å². The highest BCUT2D eigenvalue weighted by Crippen LogP contribution is 2.66. The first kappa shape index (κ1) is 17.0. The van der Waals surface area contributed by atoms with E-state index in [9.17, 15) is 14.7 Å². The smallest absolute Gasteiger partial charge is 0.334 e. The van der Waals surface area contributed by atoms with Gasteiger partial charge in [-0.25, -0.2) is 4.79 Å². The molecule has 1 aliphatic carbocycles. The summed E-state index contributed by atoms with van der Waals surface area (Å²) < 4.78 is 17.6. The van der Waals surface area contributed by atoms with Crippen LogP contribution in [0.4, 0.5) is 0 Å². The maximum atomic E-state index is 12.4. The summed E-state index contributed by atoms with van der Waals surface area (Å²) >= 11 is 0. The van der Waals surface area contributed by atoms with E-state index >= 15 is 0 Å². The van der Waals surface area contributed by atoms with Crippen molar-refractivity contribution in [3.05, 3.63) is 12.2 Å². The lowest BCUT2D eigenvalue weighted by atomic mass is 9.51. The second-order valence-electron chi connectivity index (χ2n) is 8.72. The van der Waals surface area contributed by atoms with Crippen LogP contribution in [-0.2, 0) is 23.8 Å². The number of fused-ring (bicyclic) bond motifs is 6. The standard InChI is InChI=1S/C19H26O6/c1-8(2)16(21)23-12-11-9(3)17(22)24-13(11)15(20)19(5)10-6-7-18(4,25-10)14(12)19/h8,10-15,20H,3,6-7H2,1-2,4-5H3. The summed E-state index contributed by atoms with van der Waals surface area (Å²) in [6.45, 7) is 11.4. The van der Waals surface area contributed by atoms with Gasteiger partial charge in [-0.15, -0.1) is 0 Å². The van der Waals surface area contributed by atoms with Gasteiger partial charge in [0.2, 0.25) is 0 Å². The zero-order chi connectivity index (χ0) is 18.3. The zero-order valence-electron chi connectivity index (χ0n) is 15.2. The predicted octanol–water partition coefficient (Wildman–Crippen LogP) is 1.60. The van der Waals surface area contributed by atoms with Gasteiger partial charge in [-0.05, 0) is 19.8 Å². The van der Waals surface area contributed by atoms with Crippen molar-refractivity contribution in [2.24, 2.45) is 23.2 Å². The maximum Gasteiger partial charge on any atom is 0.334 e. The Labute approximate surface area is 147 Å². The fraction of sp³-hybridized carbons (Fsp3) is 0.789. The highest BCUT2D eigenvalue weighted by atomic mass is 16.6. The lowest BCUT2D eigenvalue weighted by Crippen LogP contribution is -2.66. The third kappa shape index (κ3) is 1.98. The second-order valence-corrected chi connectivity index (χ2v) is 8.72. The molecule has 2 bridgehead atoms. The Morgan fingerprint density at radius 2 is 2.08 bits per heavy atom. The number of hydrogen-bond donors (Lipinski definition) is 1. The molecule has 0 aromatic heterocycles. The first-order valence-electron chi connectivity index (χ1n) is 9.07. The molecule has 3 heterocycles. The van der Waals surface area contributed by atoms with Crippen LogP contribution in [0.25, 0.3) is 0 Å². The van der Waals surface area contributed by atoms with Gasteiger partial charge in [0.05, 0.1) is 23.5 Å². The van der Waals surface area contributed by atoms with E-state index in [-0.39, 0.29) is 29.5 Å². The third-order valence-electron chi connectivity index (χ3n) is 6.95. The van der Waals surface area contributed by atoms with Crippen LogP contribution in [0, 0.1) is 23.2 Å². The summed E-state index contributed by atoms with van der Waals surface area (Å²) in [5, 5.41) is 11.1. The molecular weight excluding hydrogens is 324 g/mol. The topological polar surface area (TPSA) is 82.1 Å². The first-order chi connectivity index (χ1) is 11.6. The minimum absolute atomic E-state index is 0.133. The molecule has 1 N–H and O–H groups in total. The van der Waals surface area contributed by atoms with Gasteiger partial charge in [-0.2, -0.15) is 0 Å². The van der Waals surface area contributed by atoms with Crippen LogP contribution in [0.15, 0.2) is 12.2 Å². The van der Waals surface area contributed by atoms with Gasteiger partial charge >= 0.3 is 11.9 Å². The quantitative estimate of drug-likeness (QED) is 0.602. The number of esters is 2. The lowest BCUT2D eigenvalue weighted by Gasteiger charge is -2.54. The number of carbonyl (C=O) groups is 2. The van der Waals surface area contributed by atoms with Gasteiger partial charge in [-0.1, -0.05) is 27.4 Å². The SMILES string of the molecule is C=C1C(=O)OC2C1C(OC(=O)C(C)C)C1C3(C)CCC(O3)C1(C)C2O. The molecule has 0 amide bonds. The Bertz CT molecular complexity index is 656. The van der Waals surface area contributed by atoms with E-state index in [4.69, 9.17) is 14.2 Å². The van der Waals surface area contributed by atoms with Gasteiger partial charge in [0.15, 0.2) is 0 Å². The minimum Gasteiger partial charge on any atom is -0.461 e. The van der Waals surface area contributed by atoms with Crippen molar-refractivity contribution >= 4 is 11.9 Å². The molecule has 0 aromatic rings. The van der Waals surface area contributed by atoms with Crippen molar-refractivity contribution in [1.82, 2.24) is 0 Å². The average Bonchev–Trinajstić information content (AvgIpc) is 3.13. The van der Waals surface area contributed by atoms with Crippen molar-refractivity contribution in [1.29, 1.82) is 0 Å². The van der Waals surface area contributed by atoms with Crippen molar-refractivity contribution in [2.75, 3.05) is 0 Å². The molecular formula is C19H26O6. The number of ether oxygens (including phenoxy) is 3. The van der Waals surface area contributed by atoms with E-state index in [0.29, 0.717) is 0 Å². The molecule has 4 aliphatic rings. The van der Waals surface area contributed by atoms with Crippen LogP contribution in [0.3, 0.4) is 0 Å².